The Hall–Kier alpha value is -1.83. The molecule has 0 aliphatic heterocycles. The average molecular weight is 293 g/mol. The van der Waals surface area contributed by atoms with Crippen molar-refractivity contribution in [2.24, 2.45) is 0 Å². The Morgan fingerprint density at radius 1 is 1.37 bits per heavy atom. The number of alkyl halides is 3. The minimum Gasteiger partial charge on any atom is -0.478 e. The van der Waals surface area contributed by atoms with Crippen LogP contribution >= 0.6 is 11.3 Å². The van der Waals surface area contributed by atoms with Crippen LogP contribution in [-0.2, 0) is 4.79 Å². The third-order valence-electron chi connectivity index (χ3n) is 1.93. The molecular formula is C11H10F3NO3S. The summed E-state index contributed by atoms with van der Waals surface area (Å²) in [4.78, 5) is 22.5. The zero-order valence-electron chi connectivity index (χ0n) is 9.53. The summed E-state index contributed by atoms with van der Waals surface area (Å²) in [7, 11) is 0. The van der Waals surface area contributed by atoms with Gasteiger partial charge in [0.05, 0.1) is 11.3 Å². The normalized spacial score (nSPS) is 11.7. The van der Waals surface area contributed by atoms with E-state index in [1.165, 1.54) is 18.2 Å². The molecule has 0 fully saturated rings. The van der Waals surface area contributed by atoms with Gasteiger partial charge in [-0.05, 0) is 18.2 Å². The van der Waals surface area contributed by atoms with Crippen LogP contribution in [0.15, 0.2) is 18.2 Å². The van der Waals surface area contributed by atoms with Gasteiger partial charge in [0.25, 0.3) is 5.91 Å². The first-order chi connectivity index (χ1) is 8.78. The van der Waals surface area contributed by atoms with Gasteiger partial charge >= 0.3 is 12.1 Å². The highest BCUT2D eigenvalue weighted by molar-refractivity contribution is 7.14. The largest absolute Gasteiger partial charge is 0.478 e. The molecule has 1 heterocycles. The van der Waals surface area contributed by atoms with Gasteiger partial charge in [-0.2, -0.15) is 13.2 Å². The van der Waals surface area contributed by atoms with E-state index in [1.807, 2.05) is 0 Å². The molecule has 0 radical (unpaired) electrons. The number of nitrogens with one attached hydrogen (secondary N) is 1. The van der Waals surface area contributed by atoms with E-state index in [0.29, 0.717) is 4.88 Å². The molecule has 0 unspecified atom stereocenters. The molecule has 8 heteroatoms. The number of carbonyl (C=O) groups excluding carboxylic acids is 1. The number of thiophene rings is 1. The zero-order chi connectivity index (χ0) is 14.5. The summed E-state index contributed by atoms with van der Waals surface area (Å²) in [5, 5.41) is 10.6. The summed E-state index contributed by atoms with van der Waals surface area (Å²) >= 11 is 0.997. The number of carbonyl (C=O) groups is 2. The van der Waals surface area contributed by atoms with Crippen molar-refractivity contribution in [2.75, 3.05) is 6.54 Å². The average Bonchev–Trinajstić information content (AvgIpc) is 2.73. The van der Waals surface area contributed by atoms with Gasteiger partial charge in [-0.1, -0.05) is 0 Å². The Balaban J connectivity index is 2.52. The molecule has 4 nitrogen and oxygen atoms in total. The van der Waals surface area contributed by atoms with E-state index < -0.39 is 31.0 Å². The van der Waals surface area contributed by atoms with Gasteiger partial charge in [-0.25, -0.2) is 4.79 Å². The van der Waals surface area contributed by atoms with Crippen LogP contribution in [0, 0.1) is 0 Å². The molecule has 0 atom stereocenters. The molecule has 0 aliphatic rings. The number of carboxylic acid groups (broad SMARTS) is 1. The lowest BCUT2D eigenvalue weighted by Crippen LogP contribution is -2.27. The van der Waals surface area contributed by atoms with Gasteiger partial charge in [0.2, 0.25) is 0 Å². The minimum atomic E-state index is -4.31. The maximum atomic E-state index is 11.9. The molecule has 0 bridgehead atoms. The molecular weight excluding hydrogens is 283 g/mol. The first-order valence-corrected chi connectivity index (χ1v) is 5.95. The second kappa shape index (κ2) is 6.37. The number of carboxylic acids is 1. The fraction of sp³-hybridized carbons (Fsp3) is 0.273. The highest BCUT2D eigenvalue weighted by atomic mass is 32.1. The number of halogens is 3. The summed E-state index contributed by atoms with van der Waals surface area (Å²) in [5.74, 6) is -1.73. The third-order valence-corrected chi connectivity index (χ3v) is 2.98. The van der Waals surface area contributed by atoms with E-state index in [4.69, 9.17) is 5.11 Å². The first-order valence-electron chi connectivity index (χ1n) is 5.14. The zero-order valence-corrected chi connectivity index (χ0v) is 10.3. The summed E-state index contributed by atoms with van der Waals surface area (Å²) in [6.07, 6.45) is -3.18. The maximum absolute atomic E-state index is 11.9. The summed E-state index contributed by atoms with van der Waals surface area (Å²) in [5.41, 5.74) is 0. The quantitative estimate of drug-likeness (QED) is 0.820. The van der Waals surface area contributed by atoms with Gasteiger partial charge in [-0.3, -0.25) is 4.79 Å². The summed E-state index contributed by atoms with van der Waals surface area (Å²) < 4.78 is 35.6. The first kappa shape index (κ1) is 15.2. The topological polar surface area (TPSA) is 66.4 Å². The Morgan fingerprint density at radius 2 is 2.05 bits per heavy atom. The monoisotopic (exact) mass is 293 g/mol. The Kier molecular flexibility index (Phi) is 5.11. The van der Waals surface area contributed by atoms with E-state index in [9.17, 15) is 22.8 Å². The van der Waals surface area contributed by atoms with Crippen molar-refractivity contribution in [1.82, 2.24) is 5.32 Å². The predicted molar refractivity (Wildman–Crippen MR) is 64.0 cm³/mol. The van der Waals surface area contributed by atoms with Crippen LogP contribution in [0.5, 0.6) is 0 Å². The van der Waals surface area contributed by atoms with Crippen LogP contribution < -0.4 is 5.32 Å². The van der Waals surface area contributed by atoms with Crippen molar-refractivity contribution in [3.05, 3.63) is 28.0 Å². The van der Waals surface area contributed by atoms with E-state index in [-0.39, 0.29) is 4.88 Å². The van der Waals surface area contributed by atoms with Crippen molar-refractivity contribution in [1.29, 1.82) is 0 Å². The molecule has 0 aromatic carbocycles. The van der Waals surface area contributed by atoms with Crippen LogP contribution in [0.3, 0.4) is 0 Å². The van der Waals surface area contributed by atoms with Gasteiger partial charge in [0.1, 0.15) is 0 Å². The van der Waals surface area contributed by atoms with Crippen LogP contribution in [-0.4, -0.2) is 29.7 Å². The fourth-order valence-corrected chi connectivity index (χ4v) is 1.95. The Morgan fingerprint density at radius 3 is 2.63 bits per heavy atom. The van der Waals surface area contributed by atoms with Gasteiger partial charge in [0, 0.05) is 17.5 Å². The van der Waals surface area contributed by atoms with Crippen LogP contribution in [0.2, 0.25) is 0 Å². The number of rotatable bonds is 5. The lowest BCUT2D eigenvalue weighted by molar-refractivity contribution is -0.133. The lowest BCUT2D eigenvalue weighted by atomic mass is 10.3. The highest BCUT2D eigenvalue weighted by Gasteiger charge is 2.26. The SMILES string of the molecule is O=C(O)/C=C/c1ccc(C(=O)NCCC(F)(F)F)s1. The third kappa shape index (κ3) is 6.05. The van der Waals surface area contributed by atoms with Crippen LogP contribution in [0.4, 0.5) is 13.2 Å². The molecule has 19 heavy (non-hydrogen) atoms. The number of hydrogen-bond acceptors (Lipinski definition) is 3. The molecule has 104 valence electrons. The molecule has 2 N–H and O–H groups in total. The molecule has 0 saturated carbocycles. The van der Waals surface area contributed by atoms with E-state index in [2.05, 4.69) is 5.32 Å². The van der Waals surface area contributed by atoms with Gasteiger partial charge < -0.3 is 10.4 Å². The standard InChI is InChI=1S/C11H10F3NO3S/c12-11(13,14)5-6-15-10(18)8-3-1-7(19-8)2-4-9(16)17/h1-4H,5-6H2,(H,15,18)(H,16,17)/b4-2+. The molecule has 1 rings (SSSR count). The van der Waals surface area contributed by atoms with Crippen LogP contribution in [0.25, 0.3) is 6.08 Å². The number of amides is 1. The smallest absolute Gasteiger partial charge is 0.390 e. The summed E-state index contributed by atoms with van der Waals surface area (Å²) in [6, 6.07) is 2.94. The highest BCUT2D eigenvalue weighted by Crippen LogP contribution is 2.20. The number of aliphatic carboxylic acids is 1. The second-order valence-electron chi connectivity index (χ2n) is 3.49. The van der Waals surface area contributed by atoms with Crippen molar-refractivity contribution < 1.29 is 27.9 Å². The second-order valence-corrected chi connectivity index (χ2v) is 4.61. The minimum absolute atomic E-state index is 0.229. The predicted octanol–water partition coefficient (Wildman–Crippen LogP) is 2.53. The van der Waals surface area contributed by atoms with Crippen molar-refractivity contribution in [3.63, 3.8) is 0 Å². The molecule has 1 aromatic rings. The number of hydrogen-bond donors (Lipinski definition) is 2. The molecule has 0 saturated heterocycles. The van der Waals surface area contributed by atoms with E-state index in [1.54, 1.807) is 0 Å². The summed E-state index contributed by atoms with van der Waals surface area (Å²) in [6.45, 7) is -0.486. The molecule has 1 amide bonds. The fourth-order valence-electron chi connectivity index (χ4n) is 1.12. The van der Waals surface area contributed by atoms with Crippen LogP contribution in [0.1, 0.15) is 21.0 Å². The molecule has 1 aromatic heterocycles. The van der Waals surface area contributed by atoms with Crippen molar-refractivity contribution in [2.45, 2.75) is 12.6 Å². The van der Waals surface area contributed by atoms with Gasteiger partial charge in [-0.15, -0.1) is 11.3 Å². The Labute approximate surface area is 110 Å². The van der Waals surface area contributed by atoms with E-state index in [0.717, 1.165) is 17.4 Å². The van der Waals surface area contributed by atoms with Gasteiger partial charge in [0.15, 0.2) is 0 Å². The van der Waals surface area contributed by atoms with Crippen molar-refractivity contribution in [3.8, 4) is 0 Å². The lowest BCUT2D eigenvalue weighted by Gasteiger charge is -2.06. The molecule has 0 aliphatic carbocycles. The molecule has 0 spiro atoms. The van der Waals surface area contributed by atoms with E-state index >= 15 is 0 Å². The Bertz CT molecular complexity index is 494. The maximum Gasteiger partial charge on any atom is 0.390 e. The van der Waals surface area contributed by atoms with Crippen molar-refractivity contribution >= 4 is 29.3 Å².